The van der Waals surface area contributed by atoms with Gasteiger partial charge < -0.3 is 5.73 Å². The number of primary amides is 1. The fraction of sp³-hybridized carbons (Fsp3) is 0. The van der Waals surface area contributed by atoms with Crippen LogP contribution in [0, 0.1) is 22.0 Å². The maximum Gasteiger partial charge on any atom is 0.293 e. The lowest BCUT2D eigenvalue weighted by atomic mass is 10.2. The summed E-state index contributed by atoms with van der Waals surface area (Å²) in [7, 11) is 0. The Labute approximate surface area is 90.0 Å². The van der Waals surface area contributed by atoms with Crippen LogP contribution >= 0.6 is 11.6 Å². The fourth-order valence-corrected chi connectivity index (χ4v) is 1.02. The van der Waals surface area contributed by atoms with E-state index in [1.54, 1.807) is 0 Å². The van der Waals surface area contributed by atoms with Gasteiger partial charge in [0.25, 0.3) is 11.6 Å². The first-order chi connectivity index (χ1) is 7.00. The molecule has 0 aromatic heterocycles. The Morgan fingerprint density at radius 3 is 2.73 bits per heavy atom. The third kappa shape index (κ3) is 2.97. The molecule has 0 spiro atoms. The number of rotatable bonds is 1. The van der Waals surface area contributed by atoms with Crippen molar-refractivity contribution in [3.05, 3.63) is 38.9 Å². The Balaban J connectivity index is 3.18. The highest BCUT2D eigenvalue weighted by molar-refractivity contribution is 6.31. The van der Waals surface area contributed by atoms with Gasteiger partial charge in [-0.1, -0.05) is 17.5 Å². The van der Waals surface area contributed by atoms with Gasteiger partial charge in [0.15, 0.2) is 0 Å². The fourth-order valence-electron chi connectivity index (χ4n) is 0.852. The van der Waals surface area contributed by atoms with Gasteiger partial charge in [-0.2, -0.15) is 0 Å². The zero-order valence-electron chi connectivity index (χ0n) is 7.36. The normalized spacial score (nSPS) is 8.87. The molecule has 15 heavy (non-hydrogen) atoms. The molecule has 2 N–H and O–H groups in total. The lowest BCUT2D eigenvalue weighted by Crippen LogP contribution is -2.06. The minimum absolute atomic E-state index is 0.145. The predicted molar refractivity (Wildman–Crippen MR) is 54.2 cm³/mol. The number of nitro groups is 1. The highest BCUT2D eigenvalue weighted by Gasteiger charge is 2.07. The Bertz CT molecular complexity index is 488. The number of nitrogens with two attached hydrogens (primary N) is 1. The Hall–Kier alpha value is -2.06. The van der Waals surface area contributed by atoms with Crippen molar-refractivity contribution < 1.29 is 9.72 Å². The molecule has 0 aliphatic carbocycles. The van der Waals surface area contributed by atoms with Crippen LogP contribution in [0.15, 0.2) is 18.2 Å². The summed E-state index contributed by atoms with van der Waals surface area (Å²) in [5.41, 5.74) is 4.85. The summed E-state index contributed by atoms with van der Waals surface area (Å²) in [6.45, 7) is 0. The number of halogens is 1. The van der Waals surface area contributed by atoms with Gasteiger partial charge in [-0.05, 0) is 6.07 Å². The van der Waals surface area contributed by atoms with E-state index in [9.17, 15) is 14.9 Å². The average Bonchev–Trinajstić information content (AvgIpc) is 2.16. The number of carbonyl (C=O) groups excluding carboxylic acids is 1. The van der Waals surface area contributed by atoms with Gasteiger partial charge in [0.2, 0.25) is 0 Å². The van der Waals surface area contributed by atoms with E-state index in [0.717, 1.165) is 0 Å². The van der Waals surface area contributed by atoms with Crippen LogP contribution in [0.25, 0.3) is 0 Å². The van der Waals surface area contributed by atoms with Crippen molar-refractivity contribution in [1.29, 1.82) is 0 Å². The highest BCUT2D eigenvalue weighted by Crippen LogP contribution is 2.20. The van der Waals surface area contributed by atoms with Gasteiger partial charge in [0.05, 0.1) is 15.5 Å². The van der Waals surface area contributed by atoms with Crippen molar-refractivity contribution in [1.82, 2.24) is 0 Å². The van der Waals surface area contributed by atoms with Crippen molar-refractivity contribution in [2.75, 3.05) is 0 Å². The number of amides is 1. The molecule has 0 heterocycles. The maximum atomic E-state index is 10.4. The SMILES string of the molecule is NC(=O)C#Cc1cc([N+](=O)[O-])ccc1Cl. The van der Waals surface area contributed by atoms with Crippen molar-refractivity contribution >= 4 is 23.2 Å². The monoisotopic (exact) mass is 224 g/mol. The van der Waals surface area contributed by atoms with Crippen LogP contribution in [0.4, 0.5) is 5.69 Å². The number of hydrogen-bond acceptors (Lipinski definition) is 3. The first kappa shape index (κ1) is 11.0. The van der Waals surface area contributed by atoms with Gasteiger partial charge in [-0.3, -0.25) is 14.9 Å². The summed E-state index contributed by atoms with van der Waals surface area (Å²) in [5, 5.41) is 10.7. The molecule has 1 aromatic carbocycles. The van der Waals surface area contributed by atoms with Gasteiger partial charge in [-0.15, -0.1) is 0 Å². The quantitative estimate of drug-likeness (QED) is 0.440. The van der Waals surface area contributed by atoms with Crippen LogP contribution in [0.3, 0.4) is 0 Å². The molecule has 1 rings (SSSR count). The van der Waals surface area contributed by atoms with Crippen molar-refractivity contribution in [3.8, 4) is 11.8 Å². The molecule has 0 aliphatic heterocycles. The average molecular weight is 225 g/mol. The second kappa shape index (κ2) is 4.44. The zero-order chi connectivity index (χ0) is 11.4. The van der Waals surface area contributed by atoms with Crippen LogP contribution in [-0.4, -0.2) is 10.8 Å². The third-order valence-corrected chi connectivity index (χ3v) is 1.81. The summed E-state index contributed by atoms with van der Waals surface area (Å²) in [4.78, 5) is 20.2. The lowest BCUT2D eigenvalue weighted by Gasteiger charge is -1.95. The van der Waals surface area contributed by atoms with Crippen molar-refractivity contribution in [3.63, 3.8) is 0 Å². The molecule has 6 heteroatoms. The van der Waals surface area contributed by atoms with Gasteiger partial charge in [0.1, 0.15) is 0 Å². The van der Waals surface area contributed by atoms with Crippen LogP contribution in [0.5, 0.6) is 0 Å². The third-order valence-electron chi connectivity index (χ3n) is 1.48. The molecule has 0 saturated carbocycles. The molecule has 0 bridgehead atoms. The standard InChI is InChI=1S/C9H5ClN2O3/c10-8-3-2-7(12(14)15)5-6(8)1-4-9(11)13/h2-3,5H,(H2,11,13). The molecule has 0 saturated heterocycles. The van der Waals surface area contributed by atoms with E-state index < -0.39 is 10.8 Å². The molecule has 0 fully saturated rings. The molecular weight excluding hydrogens is 220 g/mol. The van der Waals surface area contributed by atoms with E-state index in [1.807, 2.05) is 0 Å². The summed E-state index contributed by atoms with van der Waals surface area (Å²) in [6.07, 6.45) is 0. The van der Waals surface area contributed by atoms with Crippen LogP contribution in [-0.2, 0) is 4.79 Å². The summed E-state index contributed by atoms with van der Waals surface area (Å²) in [6, 6.07) is 3.76. The molecule has 1 amide bonds. The van der Waals surface area contributed by atoms with Gasteiger partial charge in [0, 0.05) is 18.1 Å². The maximum absolute atomic E-state index is 10.4. The summed E-state index contributed by atoms with van der Waals surface area (Å²) < 4.78 is 0. The first-order valence-corrected chi connectivity index (χ1v) is 4.14. The molecular formula is C9H5ClN2O3. The second-order valence-electron chi connectivity index (χ2n) is 2.54. The molecule has 0 atom stereocenters. The number of non-ortho nitro benzene ring substituents is 1. The van der Waals surface area contributed by atoms with Gasteiger partial charge >= 0.3 is 0 Å². The summed E-state index contributed by atoms with van der Waals surface area (Å²) in [5.74, 6) is 3.58. The smallest absolute Gasteiger partial charge is 0.293 e. The van der Waals surface area contributed by atoms with E-state index >= 15 is 0 Å². The Kier molecular flexibility index (Phi) is 3.26. The van der Waals surface area contributed by atoms with E-state index in [-0.39, 0.29) is 16.3 Å². The van der Waals surface area contributed by atoms with E-state index in [0.29, 0.717) is 0 Å². The topological polar surface area (TPSA) is 86.2 Å². The number of carbonyl (C=O) groups is 1. The van der Waals surface area contributed by atoms with E-state index in [2.05, 4.69) is 11.8 Å². The van der Waals surface area contributed by atoms with Crippen LogP contribution in [0.1, 0.15) is 5.56 Å². The van der Waals surface area contributed by atoms with Crippen LogP contribution < -0.4 is 5.73 Å². The van der Waals surface area contributed by atoms with Crippen molar-refractivity contribution in [2.24, 2.45) is 5.73 Å². The van der Waals surface area contributed by atoms with E-state index in [1.165, 1.54) is 18.2 Å². The molecule has 0 radical (unpaired) electrons. The first-order valence-electron chi connectivity index (χ1n) is 3.76. The highest BCUT2D eigenvalue weighted by atomic mass is 35.5. The predicted octanol–water partition coefficient (Wildman–Crippen LogP) is 1.08. The molecule has 0 unspecified atom stereocenters. The molecule has 76 valence electrons. The minimum atomic E-state index is -0.822. The van der Waals surface area contributed by atoms with E-state index in [4.69, 9.17) is 17.3 Å². The molecule has 0 aliphatic rings. The minimum Gasteiger partial charge on any atom is -0.359 e. The zero-order valence-corrected chi connectivity index (χ0v) is 8.12. The van der Waals surface area contributed by atoms with Crippen molar-refractivity contribution in [2.45, 2.75) is 0 Å². The number of nitro benzene ring substituents is 1. The lowest BCUT2D eigenvalue weighted by molar-refractivity contribution is -0.384. The largest absolute Gasteiger partial charge is 0.359 e. The number of nitrogens with zero attached hydrogens (tertiary/aromatic N) is 1. The molecule has 5 nitrogen and oxygen atoms in total. The number of benzene rings is 1. The second-order valence-corrected chi connectivity index (χ2v) is 2.94. The summed E-state index contributed by atoms with van der Waals surface area (Å²) >= 11 is 5.71. The van der Waals surface area contributed by atoms with Gasteiger partial charge in [-0.25, -0.2) is 0 Å². The molecule has 1 aromatic rings. The number of hydrogen-bond donors (Lipinski definition) is 1. The van der Waals surface area contributed by atoms with Crippen LogP contribution in [0.2, 0.25) is 5.02 Å². The Morgan fingerprint density at radius 1 is 1.53 bits per heavy atom. The Morgan fingerprint density at radius 2 is 2.20 bits per heavy atom.